The van der Waals surface area contributed by atoms with Gasteiger partial charge in [-0.2, -0.15) is 10.2 Å². The molecule has 0 unspecified atom stereocenters. The average molecular weight is 287 g/mol. The molecule has 0 aliphatic carbocycles. The number of aromatic nitrogens is 2. The Morgan fingerprint density at radius 1 is 1.21 bits per heavy atom. The van der Waals surface area contributed by atoms with Gasteiger partial charge in [0.05, 0.1) is 16.6 Å². The fourth-order valence-electron chi connectivity index (χ4n) is 1.74. The van der Waals surface area contributed by atoms with E-state index in [4.69, 9.17) is 16.9 Å². The summed E-state index contributed by atoms with van der Waals surface area (Å²) in [4.78, 5) is 9.15. The molecule has 1 aromatic carbocycles. The highest BCUT2D eigenvalue weighted by atomic mass is 35.5. The maximum atomic E-state index is 9.08. The number of fused-ring (bicyclic) bond motifs is 1. The molecule has 92 valence electrons. The van der Waals surface area contributed by atoms with Gasteiger partial charge in [0.15, 0.2) is 0 Å². The van der Waals surface area contributed by atoms with Crippen molar-refractivity contribution in [3.8, 4) is 6.07 Å². The molecule has 19 heavy (non-hydrogen) atoms. The average Bonchev–Trinajstić information content (AvgIpc) is 2.87. The van der Waals surface area contributed by atoms with Crippen LogP contribution in [0, 0.1) is 11.3 Å². The van der Waals surface area contributed by atoms with Gasteiger partial charge < -0.3 is 5.32 Å². The Bertz CT molecular complexity index is 791. The molecular formula is C13H7ClN4S. The first kappa shape index (κ1) is 11.9. The van der Waals surface area contributed by atoms with Gasteiger partial charge in [-0.15, -0.1) is 11.3 Å². The minimum atomic E-state index is 0.187. The Morgan fingerprint density at radius 3 is 2.89 bits per heavy atom. The number of hydrogen-bond acceptors (Lipinski definition) is 5. The number of nitrogens with zero attached hydrogens (tertiary/aromatic N) is 3. The first-order chi connectivity index (χ1) is 9.28. The van der Waals surface area contributed by atoms with Crippen LogP contribution < -0.4 is 5.32 Å². The van der Waals surface area contributed by atoms with E-state index in [-0.39, 0.29) is 5.28 Å². The fourth-order valence-corrected chi connectivity index (χ4v) is 2.72. The van der Waals surface area contributed by atoms with Crippen LogP contribution in [0.5, 0.6) is 0 Å². The highest BCUT2D eigenvalue weighted by molar-refractivity contribution is 7.16. The van der Waals surface area contributed by atoms with E-state index in [1.165, 1.54) is 11.3 Å². The summed E-state index contributed by atoms with van der Waals surface area (Å²) in [5.41, 5.74) is 1.26. The Balaban J connectivity index is 2.11. The zero-order valence-electron chi connectivity index (χ0n) is 9.59. The van der Waals surface area contributed by atoms with Crippen molar-refractivity contribution in [3.63, 3.8) is 0 Å². The first-order valence-electron chi connectivity index (χ1n) is 5.45. The predicted molar refractivity (Wildman–Crippen MR) is 76.9 cm³/mol. The van der Waals surface area contributed by atoms with E-state index in [2.05, 4.69) is 21.4 Å². The molecular weight excluding hydrogens is 280 g/mol. The summed E-state index contributed by atoms with van der Waals surface area (Å²) < 4.78 is 0. The molecule has 3 aromatic rings. The van der Waals surface area contributed by atoms with Crippen LogP contribution in [-0.2, 0) is 0 Å². The summed E-state index contributed by atoms with van der Waals surface area (Å²) in [6.45, 7) is 0. The number of benzene rings is 1. The van der Waals surface area contributed by atoms with E-state index in [9.17, 15) is 0 Å². The topological polar surface area (TPSA) is 61.6 Å². The predicted octanol–water partition coefficient (Wildman–Crippen LogP) is 3.96. The van der Waals surface area contributed by atoms with Crippen LogP contribution in [0.4, 0.5) is 11.5 Å². The van der Waals surface area contributed by atoms with Crippen molar-refractivity contribution in [2.24, 2.45) is 0 Å². The summed E-state index contributed by atoms with van der Waals surface area (Å²) in [5, 5.41) is 15.2. The van der Waals surface area contributed by atoms with Crippen molar-refractivity contribution in [3.05, 3.63) is 46.6 Å². The standard InChI is InChI=1S/C13H7ClN4S/c14-13-17-11(9-5-6-19-12(9)18-13)16-10-4-2-1-3-8(10)7-15/h1-6H,(H,16,17,18). The molecule has 0 atom stereocenters. The van der Waals surface area contributed by atoms with Gasteiger partial charge in [-0.1, -0.05) is 12.1 Å². The van der Waals surface area contributed by atoms with E-state index < -0.39 is 0 Å². The second-order valence-electron chi connectivity index (χ2n) is 3.76. The third kappa shape index (κ3) is 2.24. The second-order valence-corrected chi connectivity index (χ2v) is 5.00. The number of para-hydroxylation sites is 1. The van der Waals surface area contributed by atoms with Gasteiger partial charge in [0.2, 0.25) is 5.28 Å². The molecule has 2 heterocycles. The maximum Gasteiger partial charge on any atom is 0.225 e. The summed E-state index contributed by atoms with van der Waals surface area (Å²) in [5.74, 6) is 0.610. The first-order valence-corrected chi connectivity index (χ1v) is 6.70. The lowest BCUT2D eigenvalue weighted by atomic mass is 10.2. The summed E-state index contributed by atoms with van der Waals surface area (Å²) >= 11 is 7.40. The quantitative estimate of drug-likeness (QED) is 0.724. The number of thiophene rings is 1. The molecule has 0 aliphatic rings. The largest absolute Gasteiger partial charge is 0.338 e. The third-order valence-electron chi connectivity index (χ3n) is 2.60. The van der Waals surface area contributed by atoms with E-state index in [1.807, 2.05) is 29.6 Å². The molecule has 0 aliphatic heterocycles. The van der Waals surface area contributed by atoms with E-state index >= 15 is 0 Å². The zero-order chi connectivity index (χ0) is 13.2. The van der Waals surface area contributed by atoms with Crippen LogP contribution in [0.3, 0.4) is 0 Å². The van der Waals surface area contributed by atoms with Crippen molar-refractivity contribution in [2.75, 3.05) is 5.32 Å². The summed E-state index contributed by atoms with van der Waals surface area (Å²) in [7, 11) is 0. The van der Waals surface area contributed by atoms with E-state index in [0.29, 0.717) is 17.1 Å². The van der Waals surface area contributed by atoms with Crippen LogP contribution in [0.25, 0.3) is 10.2 Å². The zero-order valence-corrected chi connectivity index (χ0v) is 11.2. The van der Waals surface area contributed by atoms with Gasteiger partial charge >= 0.3 is 0 Å². The molecule has 0 spiro atoms. The van der Waals surface area contributed by atoms with Gasteiger partial charge in [0, 0.05) is 0 Å². The minimum absolute atomic E-state index is 0.187. The second kappa shape index (κ2) is 4.84. The van der Waals surface area contributed by atoms with Crippen molar-refractivity contribution in [2.45, 2.75) is 0 Å². The normalized spacial score (nSPS) is 10.3. The van der Waals surface area contributed by atoms with Crippen molar-refractivity contribution in [1.29, 1.82) is 5.26 Å². The van der Waals surface area contributed by atoms with Crippen molar-refractivity contribution >= 4 is 44.7 Å². The fraction of sp³-hybridized carbons (Fsp3) is 0. The van der Waals surface area contributed by atoms with Crippen LogP contribution in [-0.4, -0.2) is 9.97 Å². The van der Waals surface area contributed by atoms with Crippen molar-refractivity contribution in [1.82, 2.24) is 9.97 Å². The smallest absolute Gasteiger partial charge is 0.225 e. The molecule has 1 N–H and O–H groups in total. The molecule has 0 saturated carbocycles. The number of anilines is 2. The minimum Gasteiger partial charge on any atom is -0.338 e. The number of nitriles is 1. The molecule has 0 saturated heterocycles. The lowest BCUT2D eigenvalue weighted by Gasteiger charge is -2.08. The summed E-state index contributed by atoms with van der Waals surface area (Å²) in [6.07, 6.45) is 0. The summed E-state index contributed by atoms with van der Waals surface area (Å²) in [6, 6.07) is 11.3. The third-order valence-corrected chi connectivity index (χ3v) is 3.57. The highest BCUT2D eigenvalue weighted by Crippen LogP contribution is 2.29. The van der Waals surface area contributed by atoms with Crippen molar-refractivity contribution < 1.29 is 0 Å². The molecule has 2 aromatic heterocycles. The number of nitrogens with one attached hydrogen (secondary N) is 1. The lowest BCUT2D eigenvalue weighted by Crippen LogP contribution is -1.97. The SMILES string of the molecule is N#Cc1ccccc1Nc1nc(Cl)nc2sccc12. The van der Waals surface area contributed by atoms with E-state index in [1.54, 1.807) is 6.07 Å². The molecule has 0 bridgehead atoms. The Kier molecular flexibility index (Phi) is 3.03. The number of hydrogen-bond donors (Lipinski definition) is 1. The maximum absolute atomic E-state index is 9.08. The van der Waals surface area contributed by atoms with Crippen LogP contribution in [0.15, 0.2) is 35.7 Å². The van der Waals surface area contributed by atoms with Crippen LogP contribution in [0.1, 0.15) is 5.56 Å². The van der Waals surface area contributed by atoms with Gasteiger partial charge in [-0.3, -0.25) is 0 Å². The van der Waals surface area contributed by atoms with Gasteiger partial charge in [-0.25, -0.2) is 4.98 Å². The van der Waals surface area contributed by atoms with Crippen LogP contribution in [0.2, 0.25) is 5.28 Å². The van der Waals surface area contributed by atoms with Gasteiger partial charge in [-0.05, 0) is 35.2 Å². The van der Waals surface area contributed by atoms with Gasteiger partial charge in [0.1, 0.15) is 16.7 Å². The van der Waals surface area contributed by atoms with Crippen LogP contribution >= 0.6 is 22.9 Å². The number of halogens is 1. The molecule has 6 heteroatoms. The monoisotopic (exact) mass is 286 g/mol. The van der Waals surface area contributed by atoms with E-state index in [0.717, 1.165) is 10.2 Å². The Hall–Kier alpha value is -2.16. The molecule has 3 rings (SSSR count). The molecule has 4 nitrogen and oxygen atoms in total. The molecule has 0 fully saturated rings. The Morgan fingerprint density at radius 2 is 2.05 bits per heavy atom. The number of rotatable bonds is 2. The van der Waals surface area contributed by atoms with Gasteiger partial charge in [0.25, 0.3) is 0 Å². The molecule has 0 radical (unpaired) electrons. The highest BCUT2D eigenvalue weighted by Gasteiger charge is 2.09. The Labute approximate surface area is 118 Å². The lowest BCUT2D eigenvalue weighted by molar-refractivity contribution is 1.23. The molecule has 0 amide bonds.